The minimum absolute atomic E-state index is 0.100. The Labute approximate surface area is 101 Å². The van der Waals surface area contributed by atoms with Gasteiger partial charge in [0.1, 0.15) is 17.2 Å². The van der Waals surface area contributed by atoms with Crippen LogP contribution in [0.25, 0.3) is 0 Å². The van der Waals surface area contributed by atoms with E-state index < -0.39 is 11.8 Å². The Kier molecular flexibility index (Phi) is 4.67. The van der Waals surface area contributed by atoms with E-state index in [1.54, 1.807) is 0 Å². The molecule has 1 aromatic rings. The molecule has 1 rings (SSSR count). The van der Waals surface area contributed by atoms with E-state index in [4.69, 9.17) is 21.9 Å². The molecule has 9 heteroatoms. The number of aromatic nitrogens is 1. The molecular weight excluding hydrogens is 246 g/mol. The van der Waals surface area contributed by atoms with E-state index >= 15 is 0 Å². The lowest BCUT2D eigenvalue weighted by atomic mass is 10.3. The first-order chi connectivity index (χ1) is 8.02. The van der Waals surface area contributed by atoms with E-state index in [1.807, 2.05) is 0 Å². The van der Waals surface area contributed by atoms with Crippen LogP contribution in [0.15, 0.2) is 0 Å². The Morgan fingerprint density at radius 1 is 1.41 bits per heavy atom. The van der Waals surface area contributed by atoms with Crippen molar-refractivity contribution in [2.75, 3.05) is 30.8 Å². The second kappa shape index (κ2) is 6.01. The summed E-state index contributed by atoms with van der Waals surface area (Å²) in [5.74, 6) is -1.08. The van der Waals surface area contributed by atoms with Crippen LogP contribution in [-0.4, -0.2) is 35.9 Å². The van der Waals surface area contributed by atoms with E-state index in [0.717, 1.165) is 11.5 Å². The van der Waals surface area contributed by atoms with Crippen LogP contribution in [0.5, 0.6) is 0 Å². The van der Waals surface area contributed by atoms with Crippen LogP contribution in [-0.2, 0) is 9.53 Å². The number of nitrogens with two attached hydrogens (primary N) is 3. The third kappa shape index (κ3) is 3.89. The van der Waals surface area contributed by atoms with Crippen molar-refractivity contribution >= 4 is 34.2 Å². The van der Waals surface area contributed by atoms with Crippen LogP contribution >= 0.6 is 11.5 Å². The lowest BCUT2D eigenvalue weighted by molar-refractivity contribution is -0.122. The Balaban J connectivity index is 2.42. The smallest absolute Gasteiger partial charge is 0.255 e. The van der Waals surface area contributed by atoms with Gasteiger partial charge < -0.3 is 27.3 Å². The summed E-state index contributed by atoms with van der Waals surface area (Å²) >= 11 is 1.03. The number of nitrogens with one attached hydrogen (secondary N) is 1. The number of carbonyl (C=O) groups excluding carboxylic acids is 2. The Morgan fingerprint density at radius 3 is 2.71 bits per heavy atom. The summed E-state index contributed by atoms with van der Waals surface area (Å²) in [6.07, 6.45) is 0. The monoisotopic (exact) mass is 259 g/mol. The fourth-order valence-electron chi connectivity index (χ4n) is 1.07. The van der Waals surface area contributed by atoms with Gasteiger partial charge in [0.25, 0.3) is 5.91 Å². The second-order valence-electron chi connectivity index (χ2n) is 3.08. The van der Waals surface area contributed by atoms with Crippen LogP contribution in [0.1, 0.15) is 10.4 Å². The van der Waals surface area contributed by atoms with Crippen molar-refractivity contribution in [1.82, 2.24) is 4.37 Å². The molecule has 0 spiro atoms. The summed E-state index contributed by atoms with van der Waals surface area (Å²) in [5, 5.41) is 3.37. The van der Waals surface area contributed by atoms with Gasteiger partial charge in [-0.3, -0.25) is 9.59 Å². The Morgan fingerprint density at radius 2 is 2.12 bits per heavy atom. The van der Waals surface area contributed by atoms with Gasteiger partial charge in [-0.2, -0.15) is 4.37 Å². The van der Waals surface area contributed by atoms with Gasteiger partial charge in [0.15, 0.2) is 5.82 Å². The number of nitrogen functional groups attached to an aromatic ring is 1. The first-order valence-corrected chi connectivity index (χ1v) is 5.44. The zero-order chi connectivity index (χ0) is 12.8. The first kappa shape index (κ1) is 13.2. The number of hydrogen-bond donors (Lipinski definition) is 4. The highest BCUT2D eigenvalue weighted by atomic mass is 32.1. The minimum Gasteiger partial charge on any atom is -0.382 e. The number of primary amides is 2. The molecule has 1 heterocycles. The van der Waals surface area contributed by atoms with Crippen LogP contribution in [0.4, 0.5) is 10.8 Å². The van der Waals surface area contributed by atoms with E-state index in [9.17, 15) is 9.59 Å². The van der Waals surface area contributed by atoms with Gasteiger partial charge in [-0.1, -0.05) is 0 Å². The molecule has 7 N–H and O–H groups in total. The lowest BCUT2D eigenvalue weighted by Gasteiger charge is -2.05. The van der Waals surface area contributed by atoms with Gasteiger partial charge in [-0.05, 0) is 11.5 Å². The number of amides is 2. The molecule has 0 aromatic carbocycles. The van der Waals surface area contributed by atoms with Crippen molar-refractivity contribution < 1.29 is 14.3 Å². The highest BCUT2D eigenvalue weighted by molar-refractivity contribution is 7.11. The third-order valence-corrected chi connectivity index (χ3v) is 2.56. The zero-order valence-corrected chi connectivity index (χ0v) is 9.75. The summed E-state index contributed by atoms with van der Waals surface area (Å²) in [4.78, 5) is 21.4. The standard InChI is InChI=1S/C8H13N5O3S/c9-4(14)3-16-2-1-12-8-5(7(11)15)6(10)13-17-8/h12H,1-3H2,(H2,9,14)(H2,10,13)(H2,11,15). The maximum atomic E-state index is 11.1. The molecule has 0 aliphatic carbocycles. The predicted molar refractivity (Wildman–Crippen MR) is 63.5 cm³/mol. The summed E-state index contributed by atoms with van der Waals surface area (Å²) in [6.45, 7) is 0.503. The normalized spacial score (nSPS) is 10.1. The van der Waals surface area contributed by atoms with Crippen LogP contribution < -0.4 is 22.5 Å². The fraction of sp³-hybridized carbons (Fsp3) is 0.375. The number of rotatable bonds is 7. The molecule has 2 amide bonds. The van der Waals surface area contributed by atoms with Crippen LogP contribution in [0.3, 0.4) is 0 Å². The number of nitrogens with zero attached hydrogens (tertiary/aromatic N) is 1. The average molecular weight is 259 g/mol. The van der Waals surface area contributed by atoms with Gasteiger partial charge in [0.05, 0.1) is 6.61 Å². The summed E-state index contributed by atoms with van der Waals surface area (Å²) in [6, 6.07) is 0. The molecule has 8 nitrogen and oxygen atoms in total. The number of carbonyl (C=O) groups is 2. The molecule has 0 aliphatic heterocycles. The zero-order valence-electron chi connectivity index (χ0n) is 8.93. The number of hydrogen-bond acceptors (Lipinski definition) is 7. The van der Waals surface area contributed by atoms with Crippen molar-refractivity contribution in [2.24, 2.45) is 11.5 Å². The highest BCUT2D eigenvalue weighted by Gasteiger charge is 2.15. The van der Waals surface area contributed by atoms with Crippen molar-refractivity contribution in [3.8, 4) is 0 Å². The van der Waals surface area contributed by atoms with Crippen molar-refractivity contribution in [2.45, 2.75) is 0 Å². The molecule has 0 radical (unpaired) electrons. The number of ether oxygens (including phenoxy) is 1. The molecule has 94 valence electrons. The molecule has 0 saturated carbocycles. The summed E-state index contributed by atoms with van der Waals surface area (Å²) < 4.78 is 8.73. The molecule has 0 saturated heterocycles. The molecule has 17 heavy (non-hydrogen) atoms. The summed E-state index contributed by atoms with van der Waals surface area (Å²) in [5.41, 5.74) is 15.7. The molecular formula is C8H13N5O3S. The fourth-order valence-corrected chi connectivity index (χ4v) is 1.81. The molecule has 1 aromatic heterocycles. The van der Waals surface area contributed by atoms with E-state index in [1.165, 1.54) is 0 Å². The largest absolute Gasteiger partial charge is 0.382 e. The maximum Gasteiger partial charge on any atom is 0.255 e. The SMILES string of the molecule is NC(=O)COCCNc1snc(N)c1C(N)=O. The van der Waals surface area contributed by atoms with Crippen molar-refractivity contribution in [1.29, 1.82) is 0 Å². The van der Waals surface area contributed by atoms with Gasteiger partial charge in [-0.15, -0.1) is 0 Å². The molecule has 0 aliphatic rings. The second-order valence-corrected chi connectivity index (χ2v) is 3.86. The molecule has 0 fully saturated rings. The number of anilines is 2. The molecule has 0 unspecified atom stereocenters. The Bertz CT molecular complexity index is 419. The average Bonchev–Trinajstić information content (AvgIpc) is 2.59. The highest BCUT2D eigenvalue weighted by Crippen LogP contribution is 2.25. The molecule has 0 bridgehead atoms. The van der Waals surface area contributed by atoms with Gasteiger partial charge in [-0.25, -0.2) is 0 Å². The van der Waals surface area contributed by atoms with Gasteiger partial charge >= 0.3 is 0 Å². The van der Waals surface area contributed by atoms with Crippen LogP contribution in [0, 0.1) is 0 Å². The minimum atomic E-state index is -0.642. The van der Waals surface area contributed by atoms with E-state index in [0.29, 0.717) is 11.5 Å². The first-order valence-electron chi connectivity index (χ1n) is 4.67. The predicted octanol–water partition coefficient (Wildman–Crippen LogP) is -1.26. The topological polar surface area (TPSA) is 146 Å². The van der Waals surface area contributed by atoms with E-state index in [2.05, 4.69) is 9.69 Å². The van der Waals surface area contributed by atoms with Crippen molar-refractivity contribution in [3.05, 3.63) is 5.56 Å². The maximum absolute atomic E-state index is 11.1. The van der Waals surface area contributed by atoms with Crippen molar-refractivity contribution in [3.63, 3.8) is 0 Å². The summed E-state index contributed by atoms with van der Waals surface area (Å²) in [7, 11) is 0. The van der Waals surface area contributed by atoms with Crippen LogP contribution in [0.2, 0.25) is 0 Å². The quantitative estimate of drug-likeness (QED) is 0.449. The third-order valence-electron chi connectivity index (χ3n) is 1.74. The molecule has 0 atom stereocenters. The van der Waals surface area contributed by atoms with Gasteiger partial charge in [0, 0.05) is 6.54 Å². The Hall–Kier alpha value is -1.87. The lowest BCUT2D eigenvalue weighted by Crippen LogP contribution is -2.21. The van der Waals surface area contributed by atoms with E-state index in [-0.39, 0.29) is 24.6 Å². The van der Waals surface area contributed by atoms with Gasteiger partial charge in [0.2, 0.25) is 5.91 Å².